The summed E-state index contributed by atoms with van der Waals surface area (Å²) in [6.07, 6.45) is 6.48. The Kier molecular flexibility index (Phi) is 2.68. The topological polar surface area (TPSA) is 0 Å². The first-order chi connectivity index (χ1) is 7.11. The molecule has 0 aliphatic heterocycles. The Hall–Kier alpha value is -1.04. The molecule has 0 N–H and O–H groups in total. The Morgan fingerprint density at radius 3 is 2.47 bits per heavy atom. The van der Waals surface area contributed by atoms with Crippen LogP contribution in [0.5, 0.6) is 0 Å². The summed E-state index contributed by atoms with van der Waals surface area (Å²) >= 11 is 0. The first kappa shape index (κ1) is 10.5. The van der Waals surface area contributed by atoms with Gasteiger partial charge >= 0.3 is 0 Å². The maximum Gasteiger partial charge on any atom is -0.00959 e. The molecule has 0 heterocycles. The van der Waals surface area contributed by atoms with E-state index in [1.54, 1.807) is 11.1 Å². The normalized spacial score (nSPS) is 20.7. The second kappa shape index (κ2) is 3.84. The third-order valence-corrected chi connectivity index (χ3v) is 3.61. The van der Waals surface area contributed by atoms with Crippen LogP contribution in [-0.4, -0.2) is 0 Å². The summed E-state index contributed by atoms with van der Waals surface area (Å²) in [5.74, 6) is 0. The molecule has 0 unspecified atom stereocenters. The van der Waals surface area contributed by atoms with E-state index < -0.39 is 0 Å². The molecule has 2 aliphatic rings. The van der Waals surface area contributed by atoms with Crippen LogP contribution < -0.4 is 0 Å². The van der Waals surface area contributed by atoms with Crippen molar-refractivity contribution in [1.82, 2.24) is 0 Å². The van der Waals surface area contributed by atoms with Crippen LogP contribution in [-0.2, 0) is 0 Å². The van der Waals surface area contributed by atoms with Crippen LogP contribution in [0.4, 0.5) is 0 Å². The predicted octanol–water partition coefficient (Wildman–Crippen LogP) is 4.71. The van der Waals surface area contributed by atoms with E-state index in [0.29, 0.717) is 0 Å². The fourth-order valence-electron chi connectivity index (χ4n) is 2.78. The molecule has 0 aromatic rings. The minimum Gasteiger partial charge on any atom is -0.0955 e. The molecule has 2 aliphatic carbocycles. The minimum atomic E-state index is 1.11. The van der Waals surface area contributed by atoms with E-state index in [1.165, 1.54) is 48.8 Å². The Labute approximate surface area is 93.1 Å². The van der Waals surface area contributed by atoms with Gasteiger partial charge in [0.2, 0.25) is 0 Å². The average Bonchev–Trinajstić information content (AvgIpc) is 2.52. The van der Waals surface area contributed by atoms with Gasteiger partial charge in [-0.1, -0.05) is 29.9 Å². The molecule has 0 aromatic heterocycles. The highest BCUT2D eigenvalue weighted by Crippen LogP contribution is 2.44. The van der Waals surface area contributed by atoms with Crippen LogP contribution in [0, 0.1) is 0 Å². The first-order valence-electron chi connectivity index (χ1n) is 5.87. The highest BCUT2D eigenvalue weighted by atomic mass is 14.3. The summed E-state index contributed by atoms with van der Waals surface area (Å²) in [6.45, 7) is 12.5. The zero-order valence-corrected chi connectivity index (χ0v) is 9.95. The zero-order valence-electron chi connectivity index (χ0n) is 9.95. The second-order valence-corrected chi connectivity index (χ2v) is 4.88. The molecule has 0 aromatic carbocycles. The van der Waals surface area contributed by atoms with Crippen molar-refractivity contribution in [2.24, 2.45) is 0 Å². The lowest BCUT2D eigenvalue weighted by molar-refractivity contribution is 0.677. The van der Waals surface area contributed by atoms with Gasteiger partial charge in [-0.3, -0.25) is 0 Å². The Balaban J connectivity index is 2.37. The molecule has 0 fully saturated rings. The summed E-state index contributed by atoms with van der Waals surface area (Å²) in [5, 5.41) is 0. The molecule has 15 heavy (non-hydrogen) atoms. The van der Waals surface area contributed by atoms with E-state index in [2.05, 4.69) is 27.0 Å². The number of allylic oxidation sites excluding steroid dienone is 6. The lowest BCUT2D eigenvalue weighted by Crippen LogP contribution is -1.99. The van der Waals surface area contributed by atoms with Crippen molar-refractivity contribution in [1.29, 1.82) is 0 Å². The molecule has 80 valence electrons. The largest absolute Gasteiger partial charge is 0.0955 e. The molecule has 0 amide bonds. The van der Waals surface area contributed by atoms with E-state index in [-0.39, 0.29) is 0 Å². The highest BCUT2D eigenvalue weighted by molar-refractivity contribution is 5.61. The van der Waals surface area contributed by atoms with Gasteiger partial charge in [-0.05, 0) is 62.7 Å². The summed E-state index contributed by atoms with van der Waals surface area (Å²) in [4.78, 5) is 0. The molecular weight excluding hydrogens is 180 g/mol. The Bertz CT molecular complexity index is 388. The lowest BCUT2D eigenvalue weighted by atomic mass is 9.87. The predicted molar refractivity (Wildman–Crippen MR) is 66.8 cm³/mol. The van der Waals surface area contributed by atoms with Gasteiger partial charge in [0.05, 0.1) is 0 Å². The average molecular weight is 200 g/mol. The van der Waals surface area contributed by atoms with Crippen LogP contribution in [0.2, 0.25) is 0 Å². The van der Waals surface area contributed by atoms with Gasteiger partial charge in [-0.25, -0.2) is 0 Å². The van der Waals surface area contributed by atoms with Gasteiger partial charge in [0, 0.05) is 0 Å². The highest BCUT2D eigenvalue weighted by Gasteiger charge is 2.25. The van der Waals surface area contributed by atoms with Crippen molar-refractivity contribution in [2.75, 3.05) is 0 Å². The lowest BCUT2D eigenvalue weighted by Gasteiger charge is -2.18. The maximum absolute atomic E-state index is 4.19. The van der Waals surface area contributed by atoms with Crippen molar-refractivity contribution in [3.05, 3.63) is 46.6 Å². The van der Waals surface area contributed by atoms with Gasteiger partial charge in [-0.15, -0.1) is 0 Å². The van der Waals surface area contributed by atoms with Crippen molar-refractivity contribution in [3.8, 4) is 0 Å². The maximum atomic E-state index is 4.19. The molecular formula is C15H20. The quantitative estimate of drug-likeness (QED) is 0.566. The third kappa shape index (κ3) is 1.73. The van der Waals surface area contributed by atoms with Crippen LogP contribution >= 0.6 is 0 Å². The van der Waals surface area contributed by atoms with Gasteiger partial charge in [0.25, 0.3) is 0 Å². The zero-order chi connectivity index (χ0) is 11.0. The summed E-state index contributed by atoms with van der Waals surface area (Å²) < 4.78 is 0. The van der Waals surface area contributed by atoms with Crippen molar-refractivity contribution in [2.45, 2.75) is 46.0 Å². The Morgan fingerprint density at radius 2 is 1.80 bits per heavy atom. The number of hydrogen-bond donors (Lipinski definition) is 0. The standard InChI is InChI=1S/C15H20/c1-10(2)12(4)15-11(3)9-13-7-5-6-8-14(13)15/h1,4-9H2,2-3H3. The molecule has 0 spiro atoms. The van der Waals surface area contributed by atoms with E-state index in [4.69, 9.17) is 0 Å². The molecule has 0 radical (unpaired) electrons. The summed E-state index contributed by atoms with van der Waals surface area (Å²) in [6, 6.07) is 0. The second-order valence-electron chi connectivity index (χ2n) is 4.88. The van der Waals surface area contributed by atoms with E-state index in [9.17, 15) is 0 Å². The smallest absolute Gasteiger partial charge is 0.00959 e. The number of hydrogen-bond acceptors (Lipinski definition) is 0. The van der Waals surface area contributed by atoms with Crippen molar-refractivity contribution in [3.63, 3.8) is 0 Å². The van der Waals surface area contributed by atoms with Gasteiger partial charge in [-0.2, -0.15) is 0 Å². The molecule has 0 atom stereocenters. The SMILES string of the molecule is C=C(C)C(=C)C1=C(C)CC2=C1CCCC2. The summed E-state index contributed by atoms with van der Waals surface area (Å²) in [7, 11) is 0. The summed E-state index contributed by atoms with van der Waals surface area (Å²) in [5.41, 5.74) is 8.51. The van der Waals surface area contributed by atoms with Crippen LogP contribution in [0.3, 0.4) is 0 Å². The van der Waals surface area contributed by atoms with E-state index in [1.807, 2.05) is 0 Å². The van der Waals surface area contributed by atoms with E-state index in [0.717, 1.165) is 5.57 Å². The van der Waals surface area contributed by atoms with Crippen molar-refractivity contribution < 1.29 is 0 Å². The van der Waals surface area contributed by atoms with Crippen molar-refractivity contribution >= 4 is 0 Å². The molecule has 0 nitrogen and oxygen atoms in total. The molecule has 0 heteroatoms. The number of rotatable bonds is 2. The van der Waals surface area contributed by atoms with Gasteiger partial charge in [0.15, 0.2) is 0 Å². The van der Waals surface area contributed by atoms with Gasteiger partial charge < -0.3 is 0 Å². The molecule has 0 saturated carbocycles. The Morgan fingerprint density at radius 1 is 1.13 bits per heavy atom. The molecule has 0 saturated heterocycles. The van der Waals surface area contributed by atoms with E-state index >= 15 is 0 Å². The van der Waals surface area contributed by atoms with Crippen LogP contribution in [0.1, 0.15) is 46.0 Å². The third-order valence-electron chi connectivity index (χ3n) is 3.61. The minimum absolute atomic E-state index is 1.11. The fourth-order valence-corrected chi connectivity index (χ4v) is 2.78. The first-order valence-corrected chi connectivity index (χ1v) is 5.87. The van der Waals surface area contributed by atoms with Crippen LogP contribution in [0.15, 0.2) is 46.6 Å². The van der Waals surface area contributed by atoms with Gasteiger partial charge in [0.1, 0.15) is 0 Å². The van der Waals surface area contributed by atoms with Crippen LogP contribution in [0.25, 0.3) is 0 Å². The molecule has 2 rings (SSSR count). The molecule has 0 bridgehead atoms. The monoisotopic (exact) mass is 200 g/mol. The fraction of sp³-hybridized carbons (Fsp3) is 0.467.